The van der Waals surface area contributed by atoms with Crippen LogP contribution in [-0.4, -0.2) is 68.2 Å². The van der Waals surface area contributed by atoms with Gasteiger partial charge in [0, 0.05) is 5.54 Å². The summed E-state index contributed by atoms with van der Waals surface area (Å²) in [6.45, 7) is 12.4. The van der Waals surface area contributed by atoms with Crippen LogP contribution in [0.25, 0.3) is 0 Å². The molecule has 0 radical (unpaired) electrons. The SMILES string of the molecule is CCC(C)(C)OCc1ccc(OC2OC(C(=O)O)C(O)C(O)C2O)c(NC(C)(C)C)c1. The molecule has 0 spiro atoms. The summed E-state index contributed by atoms with van der Waals surface area (Å²) in [6, 6.07) is 5.31. The molecule has 5 atom stereocenters. The molecular weight excluding hydrogens is 406 g/mol. The second-order valence-corrected chi connectivity index (χ2v) is 9.46. The van der Waals surface area contributed by atoms with Gasteiger partial charge in [-0.3, -0.25) is 0 Å². The highest BCUT2D eigenvalue weighted by atomic mass is 16.7. The number of carboxylic acid groups (broad SMARTS) is 1. The quantitative estimate of drug-likeness (QED) is 0.409. The summed E-state index contributed by atoms with van der Waals surface area (Å²) in [7, 11) is 0. The molecule has 0 aliphatic carbocycles. The molecule has 5 N–H and O–H groups in total. The first-order chi connectivity index (χ1) is 14.2. The van der Waals surface area contributed by atoms with Crippen molar-refractivity contribution < 1.29 is 39.4 Å². The number of anilines is 1. The number of aliphatic hydroxyl groups excluding tert-OH is 3. The molecule has 176 valence electrons. The second-order valence-electron chi connectivity index (χ2n) is 9.46. The fraction of sp³-hybridized carbons (Fsp3) is 0.682. The van der Waals surface area contributed by atoms with E-state index in [4.69, 9.17) is 14.2 Å². The molecule has 0 bridgehead atoms. The molecule has 2 rings (SSSR count). The van der Waals surface area contributed by atoms with E-state index in [0.717, 1.165) is 12.0 Å². The first-order valence-corrected chi connectivity index (χ1v) is 10.4. The number of benzene rings is 1. The largest absolute Gasteiger partial charge is 0.479 e. The number of hydrogen-bond acceptors (Lipinski definition) is 8. The van der Waals surface area contributed by atoms with E-state index in [9.17, 15) is 25.2 Å². The summed E-state index contributed by atoms with van der Waals surface area (Å²) in [4.78, 5) is 11.3. The van der Waals surface area contributed by atoms with Crippen LogP contribution in [0.1, 0.15) is 53.5 Å². The van der Waals surface area contributed by atoms with Gasteiger partial charge in [0.15, 0.2) is 6.10 Å². The molecule has 9 nitrogen and oxygen atoms in total. The fourth-order valence-corrected chi connectivity index (χ4v) is 2.93. The maximum absolute atomic E-state index is 11.3. The molecular formula is C22H35NO8. The first-order valence-electron chi connectivity index (χ1n) is 10.4. The zero-order valence-corrected chi connectivity index (χ0v) is 19.0. The van der Waals surface area contributed by atoms with Crippen LogP contribution in [0.3, 0.4) is 0 Å². The fourth-order valence-electron chi connectivity index (χ4n) is 2.93. The average Bonchev–Trinajstić information content (AvgIpc) is 2.66. The number of rotatable bonds is 8. The Morgan fingerprint density at radius 2 is 1.74 bits per heavy atom. The monoisotopic (exact) mass is 441 g/mol. The van der Waals surface area contributed by atoms with E-state index in [0.29, 0.717) is 18.0 Å². The first kappa shape index (κ1) is 25.4. The third kappa shape index (κ3) is 6.78. The lowest BCUT2D eigenvalue weighted by Crippen LogP contribution is -2.61. The minimum absolute atomic E-state index is 0.268. The molecule has 1 aromatic rings. The van der Waals surface area contributed by atoms with Crippen molar-refractivity contribution in [2.45, 2.75) is 96.4 Å². The van der Waals surface area contributed by atoms with Gasteiger partial charge in [-0.2, -0.15) is 0 Å². The highest BCUT2D eigenvalue weighted by Gasteiger charge is 2.48. The Bertz CT molecular complexity index is 760. The zero-order chi connectivity index (χ0) is 23.6. The standard InChI is InChI=1S/C22H35NO8/c1-7-22(5,6)29-11-12-8-9-14(13(10-12)23-21(2,3)4)30-20-17(26)15(24)16(25)18(31-20)19(27)28/h8-10,15-18,20,23-26H,7,11H2,1-6H3,(H,27,28). The van der Waals surface area contributed by atoms with Gasteiger partial charge >= 0.3 is 5.97 Å². The molecule has 0 saturated carbocycles. The Labute approximate surface area is 182 Å². The van der Waals surface area contributed by atoms with E-state index in [1.54, 1.807) is 12.1 Å². The number of ether oxygens (including phenoxy) is 3. The van der Waals surface area contributed by atoms with Crippen molar-refractivity contribution in [2.75, 3.05) is 5.32 Å². The minimum Gasteiger partial charge on any atom is -0.479 e. The molecule has 1 saturated heterocycles. The molecule has 1 fully saturated rings. The molecule has 9 heteroatoms. The molecule has 31 heavy (non-hydrogen) atoms. The van der Waals surface area contributed by atoms with Crippen molar-refractivity contribution >= 4 is 11.7 Å². The van der Waals surface area contributed by atoms with Crippen molar-refractivity contribution in [1.82, 2.24) is 0 Å². The minimum atomic E-state index is -1.78. The number of aliphatic hydroxyl groups is 3. The molecule has 5 unspecified atom stereocenters. The molecule has 0 amide bonds. The average molecular weight is 442 g/mol. The van der Waals surface area contributed by atoms with Crippen molar-refractivity contribution in [3.8, 4) is 5.75 Å². The van der Waals surface area contributed by atoms with E-state index in [1.165, 1.54) is 0 Å². The van der Waals surface area contributed by atoms with E-state index in [2.05, 4.69) is 12.2 Å². The molecule has 1 aliphatic rings. The third-order valence-electron chi connectivity index (χ3n) is 5.09. The van der Waals surface area contributed by atoms with Crippen LogP contribution in [0.2, 0.25) is 0 Å². The van der Waals surface area contributed by atoms with E-state index in [1.807, 2.05) is 40.7 Å². The topological polar surface area (TPSA) is 138 Å². The number of nitrogens with one attached hydrogen (secondary N) is 1. The highest BCUT2D eigenvalue weighted by molar-refractivity contribution is 5.73. The van der Waals surface area contributed by atoms with Crippen LogP contribution in [0, 0.1) is 0 Å². The van der Waals surface area contributed by atoms with Gasteiger partial charge in [-0.1, -0.05) is 13.0 Å². The molecule has 1 heterocycles. The van der Waals surface area contributed by atoms with Crippen molar-refractivity contribution in [2.24, 2.45) is 0 Å². The number of aliphatic carboxylic acids is 1. The Kier molecular flexibility index (Phi) is 7.94. The van der Waals surface area contributed by atoms with Gasteiger partial charge in [-0.15, -0.1) is 0 Å². The van der Waals surface area contributed by atoms with Crippen LogP contribution in [0.15, 0.2) is 18.2 Å². The van der Waals surface area contributed by atoms with E-state index < -0.39 is 36.7 Å². The lowest BCUT2D eigenvalue weighted by atomic mass is 9.99. The number of hydrogen-bond donors (Lipinski definition) is 5. The summed E-state index contributed by atoms with van der Waals surface area (Å²) in [5, 5.41) is 42.7. The zero-order valence-electron chi connectivity index (χ0n) is 19.0. The Balaban J connectivity index is 2.28. The van der Waals surface area contributed by atoms with Crippen molar-refractivity contribution in [3.63, 3.8) is 0 Å². The van der Waals surface area contributed by atoms with Gasteiger partial charge in [0.05, 0.1) is 17.9 Å². The van der Waals surface area contributed by atoms with Crippen molar-refractivity contribution in [3.05, 3.63) is 23.8 Å². The lowest BCUT2D eigenvalue weighted by Gasteiger charge is -2.38. The third-order valence-corrected chi connectivity index (χ3v) is 5.09. The highest BCUT2D eigenvalue weighted by Crippen LogP contribution is 2.33. The maximum Gasteiger partial charge on any atom is 0.335 e. The second kappa shape index (κ2) is 9.70. The van der Waals surface area contributed by atoms with Gasteiger partial charge in [0.2, 0.25) is 6.29 Å². The molecule has 1 aliphatic heterocycles. The maximum atomic E-state index is 11.3. The molecule has 0 aromatic heterocycles. The number of carboxylic acids is 1. The Morgan fingerprint density at radius 1 is 1.10 bits per heavy atom. The Hall–Kier alpha value is -1.91. The molecule has 1 aromatic carbocycles. The smallest absolute Gasteiger partial charge is 0.335 e. The van der Waals surface area contributed by atoms with E-state index >= 15 is 0 Å². The van der Waals surface area contributed by atoms with Crippen molar-refractivity contribution in [1.29, 1.82) is 0 Å². The summed E-state index contributed by atoms with van der Waals surface area (Å²) in [6.07, 6.45) is -7.50. The Morgan fingerprint density at radius 3 is 2.29 bits per heavy atom. The summed E-state index contributed by atoms with van der Waals surface area (Å²) in [5.74, 6) is -1.17. The van der Waals surface area contributed by atoms with Gasteiger partial charge < -0.3 is 40.0 Å². The predicted molar refractivity (Wildman–Crippen MR) is 114 cm³/mol. The van der Waals surface area contributed by atoms with Gasteiger partial charge in [0.25, 0.3) is 0 Å². The van der Waals surface area contributed by atoms with E-state index in [-0.39, 0.29) is 11.1 Å². The van der Waals surface area contributed by atoms with Crippen LogP contribution in [0.5, 0.6) is 5.75 Å². The summed E-state index contributed by atoms with van der Waals surface area (Å²) in [5.41, 5.74) is 0.886. The van der Waals surface area contributed by atoms with Crippen LogP contribution >= 0.6 is 0 Å². The van der Waals surface area contributed by atoms with Gasteiger partial charge in [0.1, 0.15) is 24.1 Å². The van der Waals surface area contributed by atoms with Gasteiger partial charge in [-0.25, -0.2) is 4.79 Å². The number of carbonyl (C=O) groups is 1. The summed E-state index contributed by atoms with van der Waals surface area (Å²) < 4.78 is 17.0. The summed E-state index contributed by atoms with van der Waals surface area (Å²) >= 11 is 0. The normalized spacial score (nSPS) is 27.1. The van der Waals surface area contributed by atoms with Crippen LogP contribution in [-0.2, 0) is 20.9 Å². The van der Waals surface area contributed by atoms with Crippen LogP contribution < -0.4 is 10.1 Å². The lowest BCUT2D eigenvalue weighted by molar-refractivity contribution is -0.271. The van der Waals surface area contributed by atoms with Gasteiger partial charge in [-0.05, 0) is 58.7 Å². The predicted octanol–water partition coefficient (Wildman–Crippen LogP) is 1.87. The van der Waals surface area contributed by atoms with Crippen LogP contribution in [0.4, 0.5) is 5.69 Å².